The molecule has 1 unspecified atom stereocenters. The summed E-state index contributed by atoms with van der Waals surface area (Å²) in [6.45, 7) is 4.36. The summed E-state index contributed by atoms with van der Waals surface area (Å²) in [6, 6.07) is 13.1. The zero-order valence-corrected chi connectivity index (χ0v) is 10.7. The van der Waals surface area contributed by atoms with Gasteiger partial charge in [0.05, 0.1) is 0 Å². The zero-order valence-electron chi connectivity index (χ0n) is 10.7. The van der Waals surface area contributed by atoms with E-state index in [1.807, 2.05) is 0 Å². The molecule has 0 aliphatic heterocycles. The van der Waals surface area contributed by atoms with Crippen LogP contribution in [0, 0.1) is 6.92 Å². The van der Waals surface area contributed by atoms with Crippen molar-refractivity contribution in [3.8, 4) is 0 Å². The Labute approximate surface area is 104 Å². The van der Waals surface area contributed by atoms with E-state index >= 15 is 0 Å². The Morgan fingerprint density at radius 2 is 1.76 bits per heavy atom. The summed E-state index contributed by atoms with van der Waals surface area (Å²) >= 11 is 0. The first-order valence-corrected chi connectivity index (χ1v) is 6.48. The molecule has 0 aromatic heterocycles. The van der Waals surface area contributed by atoms with E-state index < -0.39 is 0 Å². The van der Waals surface area contributed by atoms with Crippen LogP contribution in [-0.2, 0) is 0 Å². The highest BCUT2D eigenvalue weighted by molar-refractivity contribution is 5.88. The van der Waals surface area contributed by atoms with Crippen molar-refractivity contribution in [3.05, 3.63) is 47.5 Å². The summed E-state index contributed by atoms with van der Waals surface area (Å²) < 4.78 is 0. The molecule has 0 radical (unpaired) electrons. The quantitative estimate of drug-likeness (QED) is 0.826. The molecule has 0 aliphatic rings. The highest BCUT2D eigenvalue weighted by Gasteiger charge is 2.10. The second kappa shape index (κ2) is 5.33. The predicted molar refractivity (Wildman–Crippen MR) is 75.1 cm³/mol. The van der Waals surface area contributed by atoms with Crippen LogP contribution in [0.2, 0.25) is 0 Å². The van der Waals surface area contributed by atoms with Crippen LogP contribution < -0.4 is 5.73 Å². The Hall–Kier alpha value is -1.34. The van der Waals surface area contributed by atoms with Crippen LogP contribution in [0.25, 0.3) is 10.8 Å². The van der Waals surface area contributed by atoms with Crippen LogP contribution >= 0.6 is 0 Å². The first-order valence-electron chi connectivity index (χ1n) is 6.48. The minimum Gasteiger partial charge on any atom is -0.324 e. The van der Waals surface area contributed by atoms with E-state index in [0.717, 1.165) is 6.42 Å². The Bertz CT molecular complexity index is 502. The normalized spacial score (nSPS) is 12.9. The molecule has 90 valence electrons. The first-order chi connectivity index (χ1) is 8.24. The highest BCUT2D eigenvalue weighted by Crippen LogP contribution is 2.28. The van der Waals surface area contributed by atoms with Gasteiger partial charge in [-0.1, -0.05) is 56.2 Å². The molecule has 0 spiro atoms. The van der Waals surface area contributed by atoms with Crippen molar-refractivity contribution in [2.45, 2.75) is 39.2 Å². The third-order valence-electron chi connectivity index (χ3n) is 3.44. The molecule has 2 aromatic carbocycles. The predicted octanol–water partition coefficient (Wildman–Crippen LogP) is 4.34. The standard InChI is InChI=1S/C16H21N/c1-3-4-9-16(17)15-11-10-12(2)13-7-5-6-8-14(13)15/h5-8,10-11,16H,3-4,9,17H2,1-2H3. The maximum atomic E-state index is 6.30. The number of aryl methyl sites for hydroxylation is 1. The third-order valence-corrected chi connectivity index (χ3v) is 3.44. The Kier molecular flexibility index (Phi) is 3.80. The van der Waals surface area contributed by atoms with Gasteiger partial charge in [0.2, 0.25) is 0 Å². The lowest BCUT2D eigenvalue weighted by molar-refractivity contribution is 0.606. The molecule has 0 saturated carbocycles. The molecule has 0 fully saturated rings. The van der Waals surface area contributed by atoms with Gasteiger partial charge in [-0.05, 0) is 35.2 Å². The lowest BCUT2D eigenvalue weighted by atomic mass is 9.94. The summed E-state index contributed by atoms with van der Waals surface area (Å²) in [5, 5.41) is 2.65. The van der Waals surface area contributed by atoms with Gasteiger partial charge in [0.15, 0.2) is 0 Å². The van der Waals surface area contributed by atoms with Crippen molar-refractivity contribution in [1.29, 1.82) is 0 Å². The number of nitrogens with two attached hydrogens (primary N) is 1. The summed E-state index contributed by atoms with van der Waals surface area (Å²) in [5.74, 6) is 0. The number of fused-ring (bicyclic) bond motifs is 1. The van der Waals surface area contributed by atoms with Crippen LogP contribution in [0.15, 0.2) is 36.4 Å². The van der Waals surface area contributed by atoms with Gasteiger partial charge >= 0.3 is 0 Å². The van der Waals surface area contributed by atoms with Gasteiger partial charge in [-0.2, -0.15) is 0 Å². The molecule has 0 amide bonds. The van der Waals surface area contributed by atoms with Crippen LogP contribution in [0.3, 0.4) is 0 Å². The molecular formula is C16H21N. The van der Waals surface area contributed by atoms with E-state index in [4.69, 9.17) is 5.73 Å². The van der Waals surface area contributed by atoms with Crippen LogP contribution in [-0.4, -0.2) is 0 Å². The molecule has 2 rings (SSSR count). The van der Waals surface area contributed by atoms with Crippen molar-refractivity contribution in [2.24, 2.45) is 5.73 Å². The van der Waals surface area contributed by atoms with E-state index in [0.29, 0.717) is 0 Å². The molecule has 17 heavy (non-hydrogen) atoms. The fourth-order valence-electron chi connectivity index (χ4n) is 2.38. The number of hydrogen-bond acceptors (Lipinski definition) is 1. The van der Waals surface area contributed by atoms with Crippen LogP contribution in [0.4, 0.5) is 0 Å². The smallest absolute Gasteiger partial charge is 0.0301 e. The molecule has 0 heterocycles. The SMILES string of the molecule is CCCCC(N)c1ccc(C)c2ccccc12. The fraction of sp³-hybridized carbons (Fsp3) is 0.375. The average Bonchev–Trinajstić information content (AvgIpc) is 2.37. The van der Waals surface area contributed by atoms with Crippen molar-refractivity contribution in [2.75, 3.05) is 0 Å². The van der Waals surface area contributed by atoms with E-state index in [1.165, 1.54) is 34.7 Å². The molecular weight excluding hydrogens is 206 g/mol. The molecule has 0 saturated heterocycles. The molecule has 0 aliphatic carbocycles. The molecule has 2 N–H and O–H groups in total. The maximum absolute atomic E-state index is 6.30. The van der Waals surface area contributed by atoms with Crippen molar-refractivity contribution >= 4 is 10.8 Å². The Morgan fingerprint density at radius 3 is 2.47 bits per heavy atom. The second-order valence-corrected chi connectivity index (χ2v) is 4.77. The van der Waals surface area contributed by atoms with Crippen LogP contribution in [0.1, 0.15) is 43.4 Å². The zero-order chi connectivity index (χ0) is 12.3. The largest absolute Gasteiger partial charge is 0.324 e. The minimum atomic E-state index is 0.167. The van der Waals surface area contributed by atoms with Gasteiger partial charge in [0.25, 0.3) is 0 Å². The van der Waals surface area contributed by atoms with E-state index in [9.17, 15) is 0 Å². The monoisotopic (exact) mass is 227 g/mol. The summed E-state index contributed by atoms with van der Waals surface area (Å²) in [4.78, 5) is 0. The van der Waals surface area contributed by atoms with Crippen molar-refractivity contribution in [1.82, 2.24) is 0 Å². The van der Waals surface area contributed by atoms with Crippen molar-refractivity contribution in [3.63, 3.8) is 0 Å². The van der Waals surface area contributed by atoms with Gasteiger partial charge in [-0.25, -0.2) is 0 Å². The fourth-order valence-corrected chi connectivity index (χ4v) is 2.38. The van der Waals surface area contributed by atoms with E-state index in [1.54, 1.807) is 0 Å². The van der Waals surface area contributed by atoms with Gasteiger partial charge in [0, 0.05) is 6.04 Å². The number of hydrogen-bond donors (Lipinski definition) is 1. The topological polar surface area (TPSA) is 26.0 Å². The highest BCUT2D eigenvalue weighted by atomic mass is 14.6. The van der Waals surface area contributed by atoms with E-state index in [-0.39, 0.29) is 6.04 Å². The Balaban J connectivity index is 2.44. The van der Waals surface area contributed by atoms with E-state index in [2.05, 4.69) is 50.2 Å². The molecule has 2 aromatic rings. The number of benzene rings is 2. The minimum absolute atomic E-state index is 0.167. The maximum Gasteiger partial charge on any atom is 0.0301 e. The lowest BCUT2D eigenvalue weighted by Gasteiger charge is -2.15. The average molecular weight is 227 g/mol. The third kappa shape index (κ3) is 2.50. The van der Waals surface area contributed by atoms with Crippen molar-refractivity contribution < 1.29 is 0 Å². The molecule has 1 nitrogen and oxygen atoms in total. The second-order valence-electron chi connectivity index (χ2n) is 4.77. The van der Waals surface area contributed by atoms with Gasteiger partial charge in [0.1, 0.15) is 0 Å². The molecule has 1 atom stereocenters. The summed E-state index contributed by atoms with van der Waals surface area (Å²) in [6.07, 6.45) is 3.48. The van der Waals surface area contributed by atoms with Crippen LogP contribution in [0.5, 0.6) is 0 Å². The van der Waals surface area contributed by atoms with Gasteiger partial charge < -0.3 is 5.73 Å². The molecule has 1 heteroatoms. The van der Waals surface area contributed by atoms with Gasteiger partial charge in [-0.3, -0.25) is 0 Å². The first kappa shape index (κ1) is 12.1. The lowest BCUT2D eigenvalue weighted by Crippen LogP contribution is -2.10. The summed E-state index contributed by atoms with van der Waals surface area (Å²) in [7, 11) is 0. The van der Waals surface area contributed by atoms with Gasteiger partial charge in [-0.15, -0.1) is 0 Å². The molecule has 0 bridgehead atoms. The summed E-state index contributed by atoms with van der Waals surface area (Å²) in [5.41, 5.74) is 8.91. The number of rotatable bonds is 4. The Morgan fingerprint density at radius 1 is 1.06 bits per heavy atom. The number of unbranched alkanes of at least 4 members (excludes halogenated alkanes) is 1.